The summed E-state index contributed by atoms with van der Waals surface area (Å²) >= 11 is 0. The molecule has 4 rings (SSSR count). The number of pyridine rings is 1. The van der Waals surface area contributed by atoms with Crippen molar-refractivity contribution in [1.29, 1.82) is 0 Å². The number of hydrogen-bond donors (Lipinski definition) is 0. The third kappa shape index (κ3) is 2.68. The summed E-state index contributed by atoms with van der Waals surface area (Å²) in [6.45, 7) is 0.379. The molecule has 0 atom stereocenters. The number of fused-ring (bicyclic) bond motifs is 2. The highest BCUT2D eigenvalue weighted by molar-refractivity contribution is 5.91. The standard InChI is InChI=1S/C18H13NO4/c20-18(15-7-6-13-3-1-2-4-14(13)19-15)21-10-12-5-8-16-17(9-12)23-11-22-16/h1-9H,10-11H2. The molecule has 0 unspecified atom stereocenters. The summed E-state index contributed by atoms with van der Waals surface area (Å²) < 4.78 is 15.9. The van der Waals surface area contributed by atoms with Crippen LogP contribution in [0.3, 0.4) is 0 Å². The fraction of sp³-hybridized carbons (Fsp3) is 0.111. The average molecular weight is 307 g/mol. The van der Waals surface area contributed by atoms with Crippen LogP contribution >= 0.6 is 0 Å². The maximum atomic E-state index is 12.2. The van der Waals surface area contributed by atoms with Gasteiger partial charge in [-0.1, -0.05) is 30.3 Å². The highest BCUT2D eigenvalue weighted by Crippen LogP contribution is 2.32. The number of ether oxygens (including phenoxy) is 3. The topological polar surface area (TPSA) is 57.7 Å². The summed E-state index contributed by atoms with van der Waals surface area (Å²) in [6.07, 6.45) is 0. The molecule has 1 aliphatic rings. The third-order valence-corrected chi connectivity index (χ3v) is 3.61. The predicted octanol–water partition coefficient (Wildman–Crippen LogP) is 3.32. The summed E-state index contributed by atoms with van der Waals surface area (Å²) in [7, 11) is 0. The number of hydrogen-bond acceptors (Lipinski definition) is 5. The second-order valence-corrected chi connectivity index (χ2v) is 5.15. The van der Waals surface area contributed by atoms with Crippen molar-refractivity contribution < 1.29 is 19.0 Å². The SMILES string of the molecule is O=C(OCc1ccc2c(c1)OCO2)c1ccc2ccccc2n1. The number of benzene rings is 2. The Bertz CT molecular complexity index is 891. The van der Waals surface area contributed by atoms with Gasteiger partial charge in [0.1, 0.15) is 12.3 Å². The Kier molecular flexibility index (Phi) is 3.31. The first kappa shape index (κ1) is 13.6. The molecule has 0 aliphatic carbocycles. The van der Waals surface area contributed by atoms with Crippen LogP contribution in [0.5, 0.6) is 11.5 Å². The normalized spacial score (nSPS) is 12.3. The number of carbonyl (C=O) groups excluding carboxylic acids is 1. The highest BCUT2D eigenvalue weighted by Gasteiger charge is 2.15. The van der Waals surface area contributed by atoms with Crippen LogP contribution in [-0.4, -0.2) is 17.7 Å². The van der Waals surface area contributed by atoms with Crippen molar-refractivity contribution in [2.45, 2.75) is 6.61 Å². The van der Waals surface area contributed by atoms with Crippen LogP contribution in [0.15, 0.2) is 54.6 Å². The first-order valence-electron chi connectivity index (χ1n) is 7.21. The molecule has 2 aromatic carbocycles. The van der Waals surface area contributed by atoms with Gasteiger partial charge >= 0.3 is 5.97 Å². The summed E-state index contributed by atoms with van der Waals surface area (Å²) in [5.74, 6) is 0.923. The van der Waals surface area contributed by atoms with E-state index in [0.29, 0.717) is 17.2 Å². The second kappa shape index (κ2) is 5.61. The molecule has 1 aliphatic heterocycles. The van der Waals surface area contributed by atoms with E-state index in [-0.39, 0.29) is 13.4 Å². The molecule has 0 saturated carbocycles. The van der Waals surface area contributed by atoms with Crippen LogP contribution in [0.4, 0.5) is 0 Å². The van der Waals surface area contributed by atoms with Gasteiger partial charge in [0, 0.05) is 5.39 Å². The molecule has 2 heterocycles. The molecule has 0 N–H and O–H groups in total. The maximum Gasteiger partial charge on any atom is 0.357 e. The van der Waals surface area contributed by atoms with Gasteiger partial charge in [-0.2, -0.15) is 0 Å². The zero-order valence-electron chi connectivity index (χ0n) is 12.2. The third-order valence-electron chi connectivity index (χ3n) is 3.61. The van der Waals surface area contributed by atoms with Crippen molar-refractivity contribution in [2.24, 2.45) is 0 Å². The smallest absolute Gasteiger partial charge is 0.357 e. The molecule has 23 heavy (non-hydrogen) atoms. The van der Waals surface area contributed by atoms with Crippen molar-refractivity contribution in [3.63, 3.8) is 0 Å². The molecule has 0 amide bonds. The summed E-state index contributed by atoms with van der Waals surface area (Å²) in [6, 6.07) is 16.6. The fourth-order valence-electron chi connectivity index (χ4n) is 2.43. The van der Waals surface area contributed by atoms with Crippen LogP contribution in [0.1, 0.15) is 16.1 Å². The van der Waals surface area contributed by atoms with Crippen LogP contribution < -0.4 is 9.47 Å². The molecule has 0 fully saturated rings. The van der Waals surface area contributed by atoms with E-state index in [1.54, 1.807) is 12.1 Å². The molecular formula is C18H13NO4. The minimum absolute atomic E-state index is 0.157. The number of para-hydroxylation sites is 1. The van der Waals surface area contributed by atoms with E-state index in [1.165, 1.54) is 0 Å². The number of rotatable bonds is 3. The molecule has 0 saturated heterocycles. The summed E-state index contributed by atoms with van der Waals surface area (Å²) in [5.41, 5.74) is 1.90. The lowest BCUT2D eigenvalue weighted by molar-refractivity contribution is 0.0466. The van der Waals surface area contributed by atoms with Gasteiger partial charge in [0.25, 0.3) is 0 Å². The van der Waals surface area contributed by atoms with Gasteiger partial charge in [-0.3, -0.25) is 0 Å². The number of nitrogens with zero attached hydrogens (tertiary/aromatic N) is 1. The van der Waals surface area contributed by atoms with E-state index in [9.17, 15) is 4.79 Å². The molecule has 5 nitrogen and oxygen atoms in total. The molecule has 3 aromatic rings. The Balaban J connectivity index is 1.48. The van der Waals surface area contributed by atoms with Gasteiger partial charge in [0.2, 0.25) is 6.79 Å². The lowest BCUT2D eigenvalue weighted by atomic mass is 10.2. The Morgan fingerprint density at radius 2 is 1.91 bits per heavy atom. The van der Waals surface area contributed by atoms with Gasteiger partial charge in [0.05, 0.1) is 5.52 Å². The second-order valence-electron chi connectivity index (χ2n) is 5.15. The van der Waals surface area contributed by atoms with Crippen LogP contribution in [0.2, 0.25) is 0 Å². The van der Waals surface area contributed by atoms with Gasteiger partial charge in [-0.05, 0) is 29.8 Å². The number of esters is 1. The van der Waals surface area contributed by atoms with Crippen LogP contribution in [0.25, 0.3) is 10.9 Å². The summed E-state index contributed by atoms with van der Waals surface area (Å²) in [4.78, 5) is 16.5. The van der Waals surface area contributed by atoms with Crippen molar-refractivity contribution in [3.8, 4) is 11.5 Å². The van der Waals surface area contributed by atoms with E-state index in [2.05, 4.69) is 4.98 Å². The molecular weight excluding hydrogens is 294 g/mol. The Morgan fingerprint density at radius 3 is 2.87 bits per heavy atom. The average Bonchev–Trinajstić information content (AvgIpc) is 3.07. The lowest BCUT2D eigenvalue weighted by Crippen LogP contribution is -2.07. The van der Waals surface area contributed by atoms with Crippen LogP contribution in [0, 0.1) is 0 Å². The lowest BCUT2D eigenvalue weighted by Gasteiger charge is -2.06. The van der Waals surface area contributed by atoms with E-state index in [0.717, 1.165) is 16.5 Å². The van der Waals surface area contributed by atoms with E-state index in [4.69, 9.17) is 14.2 Å². The van der Waals surface area contributed by atoms with Crippen molar-refractivity contribution in [1.82, 2.24) is 4.98 Å². The van der Waals surface area contributed by atoms with Gasteiger partial charge < -0.3 is 14.2 Å². The minimum atomic E-state index is -0.451. The number of aromatic nitrogens is 1. The molecule has 0 radical (unpaired) electrons. The monoisotopic (exact) mass is 307 g/mol. The van der Waals surface area contributed by atoms with Gasteiger partial charge in [-0.15, -0.1) is 0 Å². The first-order valence-corrected chi connectivity index (χ1v) is 7.21. The van der Waals surface area contributed by atoms with E-state index < -0.39 is 5.97 Å². The van der Waals surface area contributed by atoms with E-state index in [1.807, 2.05) is 42.5 Å². The maximum absolute atomic E-state index is 12.2. The molecule has 1 aromatic heterocycles. The van der Waals surface area contributed by atoms with Crippen molar-refractivity contribution >= 4 is 16.9 Å². The fourth-order valence-corrected chi connectivity index (χ4v) is 2.43. The zero-order valence-corrected chi connectivity index (χ0v) is 12.2. The Hall–Kier alpha value is -3.08. The predicted molar refractivity (Wildman–Crippen MR) is 83.4 cm³/mol. The van der Waals surface area contributed by atoms with Crippen molar-refractivity contribution in [3.05, 3.63) is 65.9 Å². The molecule has 114 valence electrons. The molecule has 0 bridgehead atoms. The first-order chi connectivity index (χ1) is 11.3. The largest absolute Gasteiger partial charge is 0.456 e. The zero-order chi connectivity index (χ0) is 15.6. The Morgan fingerprint density at radius 1 is 1.04 bits per heavy atom. The molecule has 5 heteroatoms. The number of carbonyl (C=O) groups is 1. The highest BCUT2D eigenvalue weighted by atomic mass is 16.7. The van der Waals surface area contributed by atoms with Crippen LogP contribution in [-0.2, 0) is 11.3 Å². The molecule has 0 spiro atoms. The minimum Gasteiger partial charge on any atom is -0.456 e. The quantitative estimate of drug-likeness (QED) is 0.695. The van der Waals surface area contributed by atoms with Crippen molar-refractivity contribution in [2.75, 3.05) is 6.79 Å². The van der Waals surface area contributed by atoms with E-state index >= 15 is 0 Å². The summed E-state index contributed by atoms with van der Waals surface area (Å²) in [5, 5.41) is 0.986. The Labute approximate surface area is 132 Å². The van der Waals surface area contributed by atoms with Gasteiger partial charge in [0.15, 0.2) is 11.5 Å². The van der Waals surface area contributed by atoms with Gasteiger partial charge in [-0.25, -0.2) is 9.78 Å².